The molecule has 194 valence electrons. The van der Waals surface area contributed by atoms with Crippen LogP contribution in [0.4, 0.5) is 17.6 Å². The molecular formula is C32H38F4. The molecule has 0 aromatic heterocycles. The Balaban J connectivity index is 1.48. The average molecular weight is 499 g/mol. The molecule has 0 heterocycles. The molecule has 0 amide bonds. The summed E-state index contributed by atoms with van der Waals surface area (Å²) >= 11 is 0. The van der Waals surface area contributed by atoms with Gasteiger partial charge in [0.1, 0.15) is 0 Å². The van der Waals surface area contributed by atoms with Crippen molar-refractivity contribution in [3.8, 4) is 11.8 Å². The van der Waals surface area contributed by atoms with Crippen LogP contribution in [-0.2, 0) is 0 Å². The summed E-state index contributed by atoms with van der Waals surface area (Å²) in [7, 11) is 0. The molecule has 2 aromatic rings. The maximum absolute atomic E-state index is 14.7. The van der Waals surface area contributed by atoms with Crippen molar-refractivity contribution in [2.75, 3.05) is 0 Å². The van der Waals surface area contributed by atoms with E-state index in [9.17, 15) is 17.6 Å². The van der Waals surface area contributed by atoms with Crippen LogP contribution in [0.15, 0.2) is 42.5 Å². The number of alkyl halides is 2. The van der Waals surface area contributed by atoms with Crippen molar-refractivity contribution in [2.45, 2.75) is 102 Å². The van der Waals surface area contributed by atoms with Crippen molar-refractivity contribution in [1.29, 1.82) is 0 Å². The van der Waals surface area contributed by atoms with Crippen molar-refractivity contribution in [2.24, 2.45) is 0 Å². The van der Waals surface area contributed by atoms with Gasteiger partial charge in [0.2, 0.25) is 5.92 Å². The van der Waals surface area contributed by atoms with Gasteiger partial charge in [-0.25, -0.2) is 17.6 Å². The van der Waals surface area contributed by atoms with E-state index in [1.807, 2.05) is 24.3 Å². The Bertz CT molecular complexity index is 1030. The predicted octanol–water partition coefficient (Wildman–Crippen LogP) is 10.2. The monoisotopic (exact) mass is 498 g/mol. The van der Waals surface area contributed by atoms with Crippen LogP contribution in [0, 0.1) is 23.5 Å². The summed E-state index contributed by atoms with van der Waals surface area (Å²) in [5.74, 6) is 0.570. The Morgan fingerprint density at radius 1 is 0.806 bits per heavy atom. The Morgan fingerprint density at radius 3 is 2.11 bits per heavy atom. The Hall–Kier alpha value is -2.54. The molecule has 1 aliphatic rings. The van der Waals surface area contributed by atoms with Gasteiger partial charge in [-0.15, -0.1) is 0 Å². The van der Waals surface area contributed by atoms with Crippen LogP contribution < -0.4 is 0 Å². The largest absolute Gasteiger partial charge is 0.248 e. The first-order valence-corrected chi connectivity index (χ1v) is 13.5. The summed E-state index contributed by atoms with van der Waals surface area (Å²) in [6, 6.07) is 10.6. The lowest BCUT2D eigenvalue weighted by atomic mass is 9.82. The summed E-state index contributed by atoms with van der Waals surface area (Å²) < 4.78 is 56.1. The topological polar surface area (TPSA) is 0 Å². The predicted molar refractivity (Wildman–Crippen MR) is 141 cm³/mol. The molecule has 0 saturated heterocycles. The third-order valence-corrected chi connectivity index (χ3v) is 7.06. The van der Waals surface area contributed by atoms with Crippen LogP contribution in [0.2, 0.25) is 0 Å². The lowest BCUT2D eigenvalue weighted by Crippen LogP contribution is -2.24. The van der Waals surface area contributed by atoms with Gasteiger partial charge in [-0.2, -0.15) is 0 Å². The first kappa shape index (κ1) is 28.0. The van der Waals surface area contributed by atoms with E-state index >= 15 is 0 Å². The van der Waals surface area contributed by atoms with E-state index in [-0.39, 0.29) is 42.7 Å². The molecule has 0 unspecified atom stereocenters. The minimum atomic E-state index is -2.70. The van der Waals surface area contributed by atoms with E-state index in [1.165, 1.54) is 63.5 Å². The second kappa shape index (κ2) is 14.3. The number of unbranched alkanes of at least 4 members (excludes halogenated alkanes) is 8. The maximum atomic E-state index is 14.7. The Labute approximate surface area is 214 Å². The van der Waals surface area contributed by atoms with Crippen LogP contribution in [-0.4, -0.2) is 5.92 Å². The van der Waals surface area contributed by atoms with E-state index in [4.69, 9.17) is 0 Å². The highest BCUT2D eigenvalue weighted by Crippen LogP contribution is 2.41. The van der Waals surface area contributed by atoms with Crippen molar-refractivity contribution in [3.05, 3.63) is 76.4 Å². The van der Waals surface area contributed by atoms with Gasteiger partial charge in [0.25, 0.3) is 0 Å². The zero-order chi connectivity index (χ0) is 25.8. The smallest absolute Gasteiger partial charge is 0.207 e. The lowest BCUT2D eigenvalue weighted by molar-refractivity contribution is -0.0384. The van der Waals surface area contributed by atoms with Gasteiger partial charge in [-0.1, -0.05) is 94.1 Å². The highest BCUT2D eigenvalue weighted by Gasteiger charge is 2.36. The zero-order valence-corrected chi connectivity index (χ0v) is 21.4. The summed E-state index contributed by atoms with van der Waals surface area (Å²) in [5.41, 5.74) is 1.96. The molecule has 1 fully saturated rings. The first-order valence-electron chi connectivity index (χ1n) is 13.5. The molecule has 0 nitrogen and oxygen atoms in total. The molecule has 0 N–H and O–H groups in total. The first-order chi connectivity index (χ1) is 17.4. The standard InChI is InChI=1S/C32H38F4/c1-2-3-4-5-6-7-8-9-10-11-12-25-13-15-26(16-14-25)17-18-28-19-20-29(31(34)30(28)33)27-21-23-32(35,36)24-22-27/h11-16,19-20,27H,2-10,21-24H2,1H3/b12-11+. The average Bonchev–Trinajstić information content (AvgIpc) is 2.87. The minimum Gasteiger partial charge on any atom is -0.207 e. The quantitative estimate of drug-likeness (QED) is 0.164. The molecule has 0 spiro atoms. The van der Waals surface area contributed by atoms with Gasteiger partial charge in [-0.3, -0.25) is 0 Å². The summed E-state index contributed by atoms with van der Waals surface area (Å²) in [4.78, 5) is 0. The van der Waals surface area contributed by atoms with E-state index in [0.29, 0.717) is 5.56 Å². The molecule has 0 radical (unpaired) electrons. The van der Waals surface area contributed by atoms with Crippen molar-refractivity contribution < 1.29 is 17.6 Å². The lowest BCUT2D eigenvalue weighted by Gasteiger charge is -2.28. The number of hydrogen-bond acceptors (Lipinski definition) is 0. The number of hydrogen-bond donors (Lipinski definition) is 0. The molecule has 36 heavy (non-hydrogen) atoms. The molecule has 0 aliphatic heterocycles. The summed E-state index contributed by atoms with van der Waals surface area (Å²) in [6.07, 6.45) is 15.6. The van der Waals surface area contributed by atoms with Crippen molar-refractivity contribution in [1.82, 2.24) is 0 Å². The molecule has 1 aliphatic carbocycles. The molecule has 1 saturated carbocycles. The summed E-state index contributed by atoms with van der Waals surface area (Å²) in [6.45, 7) is 2.24. The normalized spacial score (nSPS) is 15.7. The minimum absolute atomic E-state index is 0.0216. The van der Waals surface area contributed by atoms with Crippen LogP contribution in [0.3, 0.4) is 0 Å². The van der Waals surface area contributed by atoms with Crippen LogP contribution >= 0.6 is 0 Å². The SMILES string of the molecule is CCCCCCCCCC/C=C/c1ccc(C#Cc2ccc(C3CCC(F)(F)CC3)c(F)c2F)cc1. The third kappa shape index (κ3) is 8.84. The Morgan fingerprint density at radius 2 is 1.44 bits per heavy atom. The van der Waals surface area contributed by atoms with Crippen LogP contribution in [0.5, 0.6) is 0 Å². The number of halogens is 4. The van der Waals surface area contributed by atoms with Crippen LogP contribution in [0.25, 0.3) is 6.08 Å². The van der Waals surface area contributed by atoms with Gasteiger partial charge < -0.3 is 0 Å². The van der Waals surface area contributed by atoms with Gasteiger partial charge in [0.15, 0.2) is 11.6 Å². The molecule has 2 aromatic carbocycles. The third-order valence-electron chi connectivity index (χ3n) is 7.06. The molecule has 3 rings (SSSR count). The highest BCUT2D eigenvalue weighted by molar-refractivity contribution is 5.52. The fourth-order valence-electron chi connectivity index (χ4n) is 4.76. The Kier molecular flexibility index (Phi) is 11.1. The fraction of sp³-hybridized carbons (Fsp3) is 0.500. The van der Waals surface area contributed by atoms with Crippen molar-refractivity contribution in [3.63, 3.8) is 0 Å². The number of allylic oxidation sites excluding steroid dienone is 1. The van der Waals surface area contributed by atoms with Gasteiger partial charge in [0, 0.05) is 18.4 Å². The molecular weight excluding hydrogens is 460 g/mol. The highest BCUT2D eigenvalue weighted by atomic mass is 19.3. The second-order valence-corrected chi connectivity index (χ2v) is 10.00. The van der Waals surface area contributed by atoms with Gasteiger partial charge in [0.05, 0.1) is 5.56 Å². The van der Waals surface area contributed by atoms with Gasteiger partial charge >= 0.3 is 0 Å². The number of benzene rings is 2. The second-order valence-electron chi connectivity index (χ2n) is 10.00. The molecule has 0 bridgehead atoms. The van der Waals surface area contributed by atoms with E-state index in [1.54, 1.807) is 0 Å². The van der Waals surface area contributed by atoms with E-state index < -0.39 is 17.6 Å². The van der Waals surface area contributed by atoms with Crippen molar-refractivity contribution >= 4 is 6.08 Å². The molecule has 4 heteroatoms. The maximum Gasteiger partial charge on any atom is 0.248 e. The van der Waals surface area contributed by atoms with Crippen LogP contribution in [0.1, 0.15) is 119 Å². The van der Waals surface area contributed by atoms with E-state index in [2.05, 4.69) is 30.9 Å². The summed E-state index contributed by atoms with van der Waals surface area (Å²) in [5, 5.41) is 0. The van der Waals surface area contributed by atoms with Gasteiger partial charge in [-0.05, 0) is 60.9 Å². The zero-order valence-electron chi connectivity index (χ0n) is 21.4. The fourth-order valence-corrected chi connectivity index (χ4v) is 4.76. The number of rotatable bonds is 11. The van der Waals surface area contributed by atoms with E-state index in [0.717, 1.165) is 12.0 Å². The molecule has 0 atom stereocenters.